The molecule has 2 fully saturated rings. The molecule has 0 aromatic carbocycles. The summed E-state index contributed by atoms with van der Waals surface area (Å²) in [5, 5.41) is 9.26. The maximum Gasteiger partial charge on any atom is 0.0639 e. The molecule has 2 aliphatic rings. The molecule has 1 saturated heterocycles. The molecule has 1 aliphatic heterocycles. The summed E-state index contributed by atoms with van der Waals surface area (Å²) in [7, 11) is 0. The Balaban J connectivity index is 1.85. The fourth-order valence-corrected chi connectivity index (χ4v) is 2.84. The minimum atomic E-state index is -0.150. The average molecular weight is 169 g/mol. The van der Waals surface area contributed by atoms with Crippen molar-refractivity contribution in [3.8, 4) is 0 Å². The highest BCUT2D eigenvalue weighted by Crippen LogP contribution is 2.36. The molecular weight excluding hydrogens is 150 g/mol. The second kappa shape index (κ2) is 3.35. The monoisotopic (exact) mass is 169 g/mol. The predicted octanol–water partition coefficient (Wildman–Crippen LogP) is 1.10. The van der Waals surface area contributed by atoms with Crippen LogP contribution < -0.4 is 0 Å². The van der Waals surface area contributed by atoms with Gasteiger partial charge in [-0.25, -0.2) is 0 Å². The first kappa shape index (κ1) is 8.52. The lowest BCUT2D eigenvalue weighted by Gasteiger charge is -2.32. The average Bonchev–Trinajstić information content (AvgIpc) is 2.29. The molecule has 0 radical (unpaired) electrons. The first-order chi connectivity index (χ1) is 5.74. The van der Waals surface area contributed by atoms with Gasteiger partial charge in [0.1, 0.15) is 0 Å². The van der Waals surface area contributed by atoms with Crippen molar-refractivity contribution in [2.75, 3.05) is 19.6 Å². The van der Waals surface area contributed by atoms with Crippen LogP contribution in [-0.2, 0) is 0 Å². The SMILES string of the molecule is CC(O)CN1CC2CCC(C2)C1. The lowest BCUT2D eigenvalue weighted by Crippen LogP contribution is -2.40. The highest BCUT2D eigenvalue weighted by molar-refractivity contribution is 4.85. The van der Waals surface area contributed by atoms with Gasteiger partial charge >= 0.3 is 0 Å². The lowest BCUT2D eigenvalue weighted by atomic mass is 9.99. The van der Waals surface area contributed by atoms with Crippen LogP contribution >= 0.6 is 0 Å². The number of nitrogens with zero attached hydrogens (tertiary/aromatic N) is 1. The van der Waals surface area contributed by atoms with Crippen LogP contribution in [0.3, 0.4) is 0 Å². The molecule has 2 nitrogen and oxygen atoms in total. The summed E-state index contributed by atoms with van der Waals surface area (Å²) < 4.78 is 0. The van der Waals surface area contributed by atoms with E-state index in [1.165, 1.54) is 32.4 Å². The van der Waals surface area contributed by atoms with E-state index in [0.29, 0.717) is 0 Å². The second-order valence-corrected chi connectivity index (χ2v) is 4.61. The summed E-state index contributed by atoms with van der Waals surface area (Å²) in [6.45, 7) is 5.24. The fraction of sp³-hybridized carbons (Fsp3) is 1.00. The number of aliphatic hydroxyl groups is 1. The number of fused-ring (bicyclic) bond motifs is 2. The standard InChI is InChI=1S/C10H19NO/c1-8(12)5-11-6-9-2-3-10(4-9)7-11/h8-10,12H,2-7H2,1H3. The Morgan fingerprint density at radius 2 is 1.92 bits per heavy atom. The first-order valence-corrected chi connectivity index (χ1v) is 5.14. The smallest absolute Gasteiger partial charge is 0.0639 e. The molecule has 2 bridgehead atoms. The molecule has 70 valence electrons. The van der Waals surface area contributed by atoms with Crippen molar-refractivity contribution in [3.05, 3.63) is 0 Å². The van der Waals surface area contributed by atoms with E-state index in [0.717, 1.165) is 18.4 Å². The summed E-state index contributed by atoms with van der Waals surface area (Å²) in [6, 6.07) is 0. The van der Waals surface area contributed by atoms with Crippen LogP contribution in [0.5, 0.6) is 0 Å². The zero-order valence-electron chi connectivity index (χ0n) is 7.87. The number of hydrogen-bond acceptors (Lipinski definition) is 2. The van der Waals surface area contributed by atoms with Crippen molar-refractivity contribution < 1.29 is 5.11 Å². The van der Waals surface area contributed by atoms with E-state index < -0.39 is 0 Å². The van der Waals surface area contributed by atoms with Crippen LogP contribution in [0.2, 0.25) is 0 Å². The third-order valence-electron chi connectivity index (χ3n) is 3.21. The molecule has 2 heteroatoms. The van der Waals surface area contributed by atoms with Gasteiger partial charge in [-0.1, -0.05) is 0 Å². The highest BCUT2D eigenvalue weighted by Gasteiger charge is 2.32. The van der Waals surface area contributed by atoms with Crippen LogP contribution in [-0.4, -0.2) is 35.7 Å². The van der Waals surface area contributed by atoms with Crippen molar-refractivity contribution in [2.24, 2.45) is 11.8 Å². The van der Waals surface area contributed by atoms with Gasteiger partial charge in [-0.3, -0.25) is 0 Å². The predicted molar refractivity (Wildman–Crippen MR) is 49.0 cm³/mol. The van der Waals surface area contributed by atoms with Gasteiger partial charge in [0.25, 0.3) is 0 Å². The van der Waals surface area contributed by atoms with Crippen LogP contribution in [0.25, 0.3) is 0 Å². The Bertz CT molecular complexity index is 146. The van der Waals surface area contributed by atoms with Crippen LogP contribution in [0.1, 0.15) is 26.2 Å². The molecule has 12 heavy (non-hydrogen) atoms. The van der Waals surface area contributed by atoms with Gasteiger partial charge in [-0.2, -0.15) is 0 Å². The van der Waals surface area contributed by atoms with Crippen LogP contribution in [0, 0.1) is 11.8 Å². The Kier molecular flexibility index (Phi) is 2.37. The van der Waals surface area contributed by atoms with E-state index >= 15 is 0 Å². The van der Waals surface area contributed by atoms with Crippen LogP contribution in [0.4, 0.5) is 0 Å². The van der Waals surface area contributed by atoms with E-state index in [1.807, 2.05) is 6.92 Å². The minimum Gasteiger partial charge on any atom is -0.392 e. The maximum atomic E-state index is 9.26. The van der Waals surface area contributed by atoms with Crippen molar-refractivity contribution in [2.45, 2.75) is 32.3 Å². The number of aliphatic hydroxyl groups excluding tert-OH is 1. The summed E-state index contributed by atoms with van der Waals surface area (Å²) in [5.74, 6) is 1.89. The molecule has 0 aromatic heterocycles. The maximum absolute atomic E-state index is 9.26. The molecule has 1 N–H and O–H groups in total. The van der Waals surface area contributed by atoms with Crippen molar-refractivity contribution in [1.29, 1.82) is 0 Å². The first-order valence-electron chi connectivity index (χ1n) is 5.14. The van der Waals surface area contributed by atoms with E-state index in [-0.39, 0.29) is 6.10 Å². The van der Waals surface area contributed by atoms with Crippen LogP contribution in [0.15, 0.2) is 0 Å². The van der Waals surface area contributed by atoms with Crippen molar-refractivity contribution in [3.63, 3.8) is 0 Å². The Labute approximate surface area is 74.6 Å². The molecule has 3 atom stereocenters. The van der Waals surface area contributed by atoms with Gasteiger partial charge in [0.15, 0.2) is 0 Å². The van der Waals surface area contributed by atoms with Gasteiger partial charge in [0.2, 0.25) is 0 Å². The number of likely N-dealkylation sites (tertiary alicyclic amines) is 1. The quantitative estimate of drug-likeness (QED) is 0.669. The molecule has 0 aromatic rings. The lowest BCUT2D eigenvalue weighted by molar-refractivity contribution is 0.0912. The molecule has 3 unspecified atom stereocenters. The van der Waals surface area contributed by atoms with E-state index in [9.17, 15) is 5.11 Å². The number of hydrogen-bond donors (Lipinski definition) is 1. The largest absolute Gasteiger partial charge is 0.392 e. The number of piperidine rings is 1. The minimum absolute atomic E-state index is 0.150. The van der Waals surface area contributed by atoms with Gasteiger partial charge in [0.05, 0.1) is 6.10 Å². The third-order valence-corrected chi connectivity index (χ3v) is 3.21. The molecule has 0 amide bonds. The van der Waals surface area contributed by atoms with Gasteiger partial charge < -0.3 is 10.0 Å². The van der Waals surface area contributed by atoms with E-state index in [2.05, 4.69) is 4.90 Å². The Morgan fingerprint density at radius 3 is 2.42 bits per heavy atom. The second-order valence-electron chi connectivity index (χ2n) is 4.61. The zero-order chi connectivity index (χ0) is 8.55. The van der Waals surface area contributed by atoms with E-state index in [1.54, 1.807) is 0 Å². The Hall–Kier alpha value is -0.0800. The molecule has 1 heterocycles. The molecule has 1 aliphatic carbocycles. The Morgan fingerprint density at radius 1 is 1.33 bits per heavy atom. The van der Waals surface area contributed by atoms with Gasteiger partial charge in [0, 0.05) is 19.6 Å². The summed E-state index contributed by atoms with van der Waals surface area (Å²) in [6.07, 6.45) is 4.17. The normalized spacial score (nSPS) is 38.5. The molecule has 0 spiro atoms. The van der Waals surface area contributed by atoms with Gasteiger partial charge in [-0.05, 0) is 38.0 Å². The van der Waals surface area contributed by atoms with Crippen molar-refractivity contribution >= 4 is 0 Å². The summed E-state index contributed by atoms with van der Waals surface area (Å²) >= 11 is 0. The van der Waals surface area contributed by atoms with E-state index in [4.69, 9.17) is 0 Å². The number of β-amino-alcohol motifs (C(OH)–C–C–N with tert-alkyl or cyclic N) is 1. The topological polar surface area (TPSA) is 23.5 Å². The molecular formula is C10H19NO. The molecule has 2 rings (SSSR count). The molecule has 1 saturated carbocycles. The van der Waals surface area contributed by atoms with Crippen molar-refractivity contribution in [1.82, 2.24) is 4.90 Å². The number of rotatable bonds is 2. The zero-order valence-corrected chi connectivity index (χ0v) is 7.87. The third kappa shape index (κ3) is 1.80. The fourth-order valence-electron chi connectivity index (χ4n) is 2.84. The summed E-state index contributed by atoms with van der Waals surface area (Å²) in [4.78, 5) is 2.44. The highest BCUT2D eigenvalue weighted by atomic mass is 16.3. The van der Waals surface area contributed by atoms with Gasteiger partial charge in [-0.15, -0.1) is 0 Å². The summed E-state index contributed by atoms with van der Waals surface area (Å²) in [5.41, 5.74) is 0.